The summed E-state index contributed by atoms with van der Waals surface area (Å²) in [5.41, 5.74) is 4.49. The van der Waals surface area contributed by atoms with Crippen molar-refractivity contribution in [1.82, 2.24) is 9.73 Å². The number of benzene rings is 2. The number of nitrogens with zero attached hydrogens (tertiary/aromatic N) is 2. The quantitative estimate of drug-likeness (QED) is 0.345. The van der Waals surface area contributed by atoms with Gasteiger partial charge < -0.3 is 4.90 Å². The molecule has 0 spiro atoms. The molecule has 0 heterocycles. The van der Waals surface area contributed by atoms with Crippen LogP contribution in [0.3, 0.4) is 0 Å². The lowest BCUT2D eigenvalue weighted by Gasteiger charge is -2.23. The predicted molar refractivity (Wildman–Crippen MR) is 140 cm³/mol. The SMILES string of the molecule is CC(CN(C)C)C(=NNS(=O)(=O)c1c(C(C)C)cc(C(C)C)cc1C(C)C)c1ccccc1. The van der Waals surface area contributed by atoms with Crippen LogP contribution in [-0.4, -0.2) is 39.7 Å². The molecule has 33 heavy (non-hydrogen) atoms. The maximum absolute atomic E-state index is 13.7. The molecule has 1 unspecified atom stereocenters. The van der Waals surface area contributed by atoms with Gasteiger partial charge in [-0.2, -0.15) is 18.4 Å². The molecule has 2 rings (SSSR count). The molecule has 1 N–H and O–H groups in total. The summed E-state index contributed by atoms with van der Waals surface area (Å²) in [6.07, 6.45) is 0. The van der Waals surface area contributed by atoms with Gasteiger partial charge in [-0.15, -0.1) is 0 Å². The number of sulfonamides is 1. The average Bonchev–Trinajstić information content (AvgIpc) is 2.72. The highest BCUT2D eigenvalue weighted by atomic mass is 32.2. The Morgan fingerprint density at radius 3 is 1.82 bits per heavy atom. The molecule has 0 aromatic heterocycles. The van der Waals surface area contributed by atoms with Crippen LogP contribution >= 0.6 is 0 Å². The van der Waals surface area contributed by atoms with E-state index < -0.39 is 10.0 Å². The molecule has 0 aliphatic carbocycles. The van der Waals surface area contributed by atoms with E-state index >= 15 is 0 Å². The zero-order valence-corrected chi connectivity index (χ0v) is 22.5. The smallest absolute Gasteiger partial charge is 0.277 e. The number of rotatable bonds is 10. The van der Waals surface area contributed by atoms with Crippen molar-refractivity contribution in [3.05, 3.63) is 64.7 Å². The van der Waals surface area contributed by atoms with Crippen LogP contribution < -0.4 is 4.83 Å². The van der Waals surface area contributed by atoms with E-state index in [9.17, 15) is 8.42 Å². The van der Waals surface area contributed by atoms with Crippen LogP contribution in [0.2, 0.25) is 0 Å². The van der Waals surface area contributed by atoms with Crippen LogP contribution in [0, 0.1) is 5.92 Å². The van der Waals surface area contributed by atoms with Crippen LogP contribution in [0.4, 0.5) is 0 Å². The molecule has 0 aliphatic heterocycles. The van der Waals surface area contributed by atoms with Gasteiger partial charge in [0.15, 0.2) is 0 Å². The third kappa shape index (κ3) is 6.90. The van der Waals surface area contributed by atoms with Gasteiger partial charge in [-0.05, 0) is 54.1 Å². The van der Waals surface area contributed by atoms with E-state index in [1.54, 1.807) is 0 Å². The van der Waals surface area contributed by atoms with Gasteiger partial charge in [-0.1, -0.05) is 90.9 Å². The maximum atomic E-state index is 13.7. The predicted octanol–water partition coefficient (Wildman–Crippen LogP) is 5.94. The normalized spacial score (nSPS) is 13.9. The molecule has 0 amide bonds. The number of nitrogens with one attached hydrogen (secondary N) is 1. The number of hydrazone groups is 1. The Morgan fingerprint density at radius 1 is 0.879 bits per heavy atom. The van der Waals surface area contributed by atoms with Crippen molar-refractivity contribution in [2.75, 3.05) is 20.6 Å². The van der Waals surface area contributed by atoms with E-state index in [1.165, 1.54) is 0 Å². The molecular formula is C27H41N3O2S. The first-order valence-electron chi connectivity index (χ1n) is 11.8. The molecule has 0 bridgehead atoms. The largest absolute Gasteiger partial charge is 0.309 e. The van der Waals surface area contributed by atoms with Crippen LogP contribution in [0.25, 0.3) is 0 Å². The summed E-state index contributed by atoms with van der Waals surface area (Å²) >= 11 is 0. The fraction of sp³-hybridized carbons (Fsp3) is 0.519. The van der Waals surface area contributed by atoms with Gasteiger partial charge in [0.2, 0.25) is 0 Å². The van der Waals surface area contributed by atoms with Crippen molar-refractivity contribution >= 4 is 15.7 Å². The molecule has 0 fully saturated rings. The molecule has 0 radical (unpaired) electrons. The Balaban J connectivity index is 2.63. The van der Waals surface area contributed by atoms with E-state index in [2.05, 4.69) is 35.6 Å². The van der Waals surface area contributed by atoms with E-state index in [0.717, 1.165) is 34.5 Å². The molecule has 6 heteroatoms. The minimum absolute atomic E-state index is 0.0440. The summed E-state index contributed by atoms with van der Waals surface area (Å²) in [5.74, 6) is 0.498. The van der Waals surface area contributed by atoms with Gasteiger partial charge in [0.05, 0.1) is 10.6 Å². The lowest BCUT2D eigenvalue weighted by atomic mass is 9.89. The number of hydrogen-bond acceptors (Lipinski definition) is 4. The van der Waals surface area contributed by atoms with Crippen molar-refractivity contribution in [2.24, 2.45) is 11.0 Å². The van der Waals surface area contributed by atoms with E-state index in [0.29, 0.717) is 10.8 Å². The fourth-order valence-corrected chi connectivity index (χ4v) is 5.58. The third-order valence-electron chi connectivity index (χ3n) is 5.81. The Morgan fingerprint density at radius 2 is 1.39 bits per heavy atom. The third-order valence-corrected chi connectivity index (χ3v) is 7.15. The highest BCUT2D eigenvalue weighted by Crippen LogP contribution is 2.35. The maximum Gasteiger partial charge on any atom is 0.277 e. The summed E-state index contributed by atoms with van der Waals surface area (Å²) in [6.45, 7) is 15.3. The Bertz CT molecular complexity index is 1030. The van der Waals surface area contributed by atoms with Gasteiger partial charge in [0, 0.05) is 12.5 Å². The summed E-state index contributed by atoms with van der Waals surface area (Å²) in [4.78, 5) is 5.06. The second-order valence-electron chi connectivity index (χ2n) is 10.1. The molecule has 2 aromatic rings. The molecular weight excluding hydrogens is 430 g/mol. The van der Waals surface area contributed by atoms with Gasteiger partial charge in [0.1, 0.15) is 0 Å². The topological polar surface area (TPSA) is 61.8 Å². The summed E-state index contributed by atoms with van der Waals surface area (Å²) in [7, 11) is 0.136. The average molecular weight is 472 g/mol. The van der Waals surface area contributed by atoms with Gasteiger partial charge in [0.25, 0.3) is 10.0 Å². The monoisotopic (exact) mass is 471 g/mol. The highest BCUT2D eigenvalue weighted by molar-refractivity contribution is 7.89. The second kappa shape index (κ2) is 11.3. The van der Waals surface area contributed by atoms with Gasteiger partial charge in [-0.3, -0.25) is 0 Å². The molecule has 1 atom stereocenters. The van der Waals surface area contributed by atoms with E-state index in [4.69, 9.17) is 0 Å². The van der Waals surface area contributed by atoms with E-state index in [1.807, 2.05) is 84.3 Å². The Kier molecular flexibility index (Phi) is 9.27. The summed E-state index contributed by atoms with van der Waals surface area (Å²) in [6, 6.07) is 13.9. The molecule has 0 aliphatic rings. The molecule has 2 aromatic carbocycles. The van der Waals surface area contributed by atoms with Crippen LogP contribution in [0.5, 0.6) is 0 Å². The van der Waals surface area contributed by atoms with Crippen molar-refractivity contribution in [3.63, 3.8) is 0 Å². The Hall–Kier alpha value is -2.18. The van der Waals surface area contributed by atoms with Crippen molar-refractivity contribution < 1.29 is 8.42 Å². The van der Waals surface area contributed by atoms with Crippen molar-refractivity contribution in [2.45, 2.75) is 71.1 Å². The molecule has 5 nitrogen and oxygen atoms in total. The zero-order valence-electron chi connectivity index (χ0n) is 21.7. The molecule has 0 saturated carbocycles. The zero-order chi connectivity index (χ0) is 24.9. The summed E-state index contributed by atoms with van der Waals surface area (Å²) in [5, 5.41) is 4.51. The lowest BCUT2D eigenvalue weighted by molar-refractivity contribution is 0.380. The number of hydrogen-bond donors (Lipinski definition) is 1. The fourth-order valence-electron chi connectivity index (χ4n) is 4.06. The minimum Gasteiger partial charge on any atom is -0.309 e. The van der Waals surface area contributed by atoms with Gasteiger partial charge >= 0.3 is 0 Å². The van der Waals surface area contributed by atoms with Crippen LogP contribution in [0.1, 0.15) is 88.5 Å². The lowest BCUT2D eigenvalue weighted by Crippen LogP contribution is -2.30. The van der Waals surface area contributed by atoms with E-state index in [-0.39, 0.29) is 17.8 Å². The first-order chi connectivity index (χ1) is 15.3. The van der Waals surface area contributed by atoms with Crippen molar-refractivity contribution in [1.29, 1.82) is 0 Å². The first kappa shape index (κ1) is 27.1. The first-order valence-corrected chi connectivity index (χ1v) is 13.3. The van der Waals surface area contributed by atoms with Crippen LogP contribution in [-0.2, 0) is 10.0 Å². The second-order valence-corrected chi connectivity index (χ2v) is 11.7. The molecule has 0 saturated heterocycles. The minimum atomic E-state index is -3.87. The van der Waals surface area contributed by atoms with Crippen molar-refractivity contribution in [3.8, 4) is 0 Å². The Labute approximate surface area is 201 Å². The molecule has 182 valence electrons. The highest BCUT2D eigenvalue weighted by Gasteiger charge is 2.27. The van der Waals surface area contributed by atoms with Gasteiger partial charge in [-0.25, -0.2) is 0 Å². The standard InChI is InChI=1S/C27H41N3O2S/c1-18(2)23-15-24(19(3)4)27(25(16-23)20(5)6)33(31,32)29-28-26(21(7)17-30(8)9)22-13-11-10-12-14-22/h10-16,18-21,29H,17H2,1-9H3. The summed E-state index contributed by atoms with van der Waals surface area (Å²) < 4.78 is 27.4. The van der Waals surface area contributed by atoms with Crippen LogP contribution in [0.15, 0.2) is 52.5 Å².